The van der Waals surface area contributed by atoms with Gasteiger partial charge in [-0.15, -0.1) is 0 Å². The summed E-state index contributed by atoms with van der Waals surface area (Å²) in [6, 6.07) is 15.3. The molecule has 4 nitrogen and oxygen atoms in total. The Labute approximate surface area is 168 Å². The van der Waals surface area contributed by atoms with Crippen LogP contribution in [-0.2, 0) is 4.79 Å². The number of hydrogen-bond acceptors (Lipinski definition) is 3. The smallest absolute Gasteiger partial charge is 0.436 e. The molecule has 3 aromatic carbocycles. The fourth-order valence-corrected chi connectivity index (χ4v) is 3.49. The van der Waals surface area contributed by atoms with Gasteiger partial charge < -0.3 is 9.32 Å². The molecule has 1 aromatic heterocycles. The van der Waals surface area contributed by atoms with Crippen LogP contribution >= 0.6 is 11.6 Å². The SMILES string of the molecule is CCN(C(=O)C(F)(F)F)c1ccc2nc(-c3cccc4c(Cl)cccc34)oc2c1. The normalized spacial score (nSPS) is 11.9. The number of anilines is 1. The fourth-order valence-electron chi connectivity index (χ4n) is 3.25. The van der Waals surface area contributed by atoms with E-state index in [1.54, 1.807) is 6.07 Å². The highest BCUT2D eigenvalue weighted by atomic mass is 35.5. The average Bonchev–Trinajstić information content (AvgIpc) is 3.11. The molecule has 0 bridgehead atoms. The Morgan fingerprint density at radius 1 is 1.10 bits per heavy atom. The number of nitrogens with zero attached hydrogens (tertiary/aromatic N) is 2. The van der Waals surface area contributed by atoms with Gasteiger partial charge in [-0.1, -0.05) is 35.9 Å². The topological polar surface area (TPSA) is 46.3 Å². The quantitative estimate of drug-likeness (QED) is 0.397. The van der Waals surface area contributed by atoms with E-state index in [-0.39, 0.29) is 17.8 Å². The van der Waals surface area contributed by atoms with Crippen LogP contribution in [0.2, 0.25) is 5.02 Å². The van der Waals surface area contributed by atoms with Gasteiger partial charge in [-0.2, -0.15) is 13.2 Å². The van der Waals surface area contributed by atoms with Crippen molar-refractivity contribution in [2.24, 2.45) is 0 Å². The highest BCUT2D eigenvalue weighted by Gasteiger charge is 2.42. The molecule has 4 rings (SSSR count). The minimum atomic E-state index is -4.96. The fraction of sp³-hybridized carbons (Fsp3) is 0.143. The standard InChI is InChI=1S/C21H14ClF3N2O2/c1-2-27(20(28)21(23,24)25)12-9-10-17-18(11-12)29-19(26-17)15-7-3-6-14-13(15)5-4-8-16(14)22/h3-11H,2H2,1H3. The molecule has 0 spiro atoms. The second-order valence-electron chi connectivity index (χ2n) is 6.36. The van der Waals surface area contributed by atoms with E-state index in [9.17, 15) is 18.0 Å². The zero-order valence-electron chi connectivity index (χ0n) is 15.1. The molecule has 4 aromatic rings. The maximum atomic E-state index is 12.9. The van der Waals surface area contributed by atoms with Gasteiger partial charge in [-0.05, 0) is 36.6 Å². The lowest BCUT2D eigenvalue weighted by Crippen LogP contribution is -2.41. The van der Waals surface area contributed by atoms with E-state index in [0.29, 0.717) is 26.9 Å². The Morgan fingerprint density at radius 3 is 2.55 bits per heavy atom. The number of amides is 1. The molecule has 0 atom stereocenters. The van der Waals surface area contributed by atoms with E-state index >= 15 is 0 Å². The highest BCUT2D eigenvalue weighted by Crippen LogP contribution is 2.34. The number of carbonyl (C=O) groups excluding carboxylic acids is 1. The van der Waals surface area contributed by atoms with Crippen molar-refractivity contribution in [3.8, 4) is 11.5 Å². The van der Waals surface area contributed by atoms with Crippen molar-refractivity contribution in [2.75, 3.05) is 11.4 Å². The molecule has 1 heterocycles. The number of oxazole rings is 1. The molecule has 0 aliphatic carbocycles. The van der Waals surface area contributed by atoms with Gasteiger partial charge in [0.05, 0.1) is 0 Å². The number of rotatable bonds is 3. The van der Waals surface area contributed by atoms with Crippen molar-refractivity contribution in [3.05, 3.63) is 59.6 Å². The third-order valence-corrected chi connectivity index (χ3v) is 4.92. The molecular formula is C21H14ClF3N2O2. The number of halogens is 4. The van der Waals surface area contributed by atoms with Crippen molar-refractivity contribution in [2.45, 2.75) is 13.1 Å². The summed E-state index contributed by atoms with van der Waals surface area (Å²) in [5, 5.41) is 2.27. The molecule has 0 radical (unpaired) electrons. The number of carbonyl (C=O) groups is 1. The molecule has 148 valence electrons. The van der Waals surface area contributed by atoms with E-state index in [2.05, 4.69) is 4.98 Å². The molecule has 1 amide bonds. The van der Waals surface area contributed by atoms with Crippen molar-refractivity contribution in [1.29, 1.82) is 0 Å². The molecular weight excluding hydrogens is 405 g/mol. The van der Waals surface area contributed by atoms with Gasteiger partial charge in [0.2, 0.25) is 5.89 Å². The van der Waals surface area contributed by atoms with Crippen LogP contribution in [0.4, 0.5) is 18.9 Å². The van der Waals surface area contributed by atoms with Gasteiger partial charge >= 0.3 is 12.1 Å². The minimum absolute atomic E-state index is 0.0889. The Balaban J connectivity index is 1.81. The maximum Gasteiger partial charge on any atom is 0.471 e. The zero-order valence-corrected chi connectivity index (χ0v) is 15.9. The second kappa shape index (κ2) is 7.08. The molecule has 0 aliphatic heterocycles. The number of benzene rings is 3. The molecule has 0 fully saturated rings. The van der Waals surface area contributed by atoms with Gasteiger partial charge in [0.25, 0.3) is 0 Å². The number of alkyl halides is 3. The number of hydrogen-bond donors (Lipinski definition) is 0. The van der Waals surface area contributed by atoms with Crippen LogP contribution in [-0.4, -0.2) is 23.6 Å². The Kier molecular flexibility index (Phi) is 4.70. The van der Waals surface area contributed by atoms with E-state index in [0.717, 1.165) is 10.8 Å². The van der Waals surface area contributed by atoms with Crippen LogP contribution < -0.4 is 4.90 Å². The van der Waals surface area contributed by atoms with Gasteiger partial charge in [-0.25, -0.2) is 4.98 Å². The maximum absolute atomic E-state index is 12.9. The Morgan fingerprint density at radius 2 is 1.83 bits per heavy atom. The van der Waals surface area contributed by atoms with Crippen molar-refractivity contribution >= 4 is 45.1 Å². The second-order valence-corrected chi connectivity index (χ2v) is 6.77. The van der Waals surface area contributed by atoms with Crippen LogP contribution in [0.5, 0.6) is 0 Å². The molecule has 0 aliphatic rings. The monoisotopic (exact) mass is 418 g/mol. The molecule has 8 heteroatoms. The van der Waals surface area contributed by atoms with E-state index in [4.69, 9.17) is 16.0 Å². The minimum Gasteiger partial charge on any atom is -0.436 e. The van der Waals surface area contributed by atoms with Crippen LogP contribution in [0.3, 0.4) is 0 Å². The van der Waals surface area contributed by atoms with E-state index in [1.807, 2.05) is 30.3 Å². The first-order valence-electron chi connectivity index (χ1n) is 8.76. The van der Waals surface area contributed by atoms with Gasteiger partial charge in [0.1, 0.15) is 5.52 Å². The predicted molar refractivity (Wildman–Crippen MR) is 106 cm³/mol. The summed E-state index contributed by atoms with van der Waals surface area (Å²) in [5.74, 6) is -1.61. The van der Waals surface area contributed by atoms with Crippen molar-refractivity contribution < 1.29 is 22.4 Å². The summed E-state index contributed by atoms with van der Waals surface area (Å²) in [6.45, 7) is 1.34. The molecule has 0 N–H and O–H groups in total. The summed E-state index contributed by atoms with van der Waals surface area (Å²) in [5.41, 5.74) is 1.55. The summed E-state index contributed by atoms with van der Waals surface area (Å²) in [6.07, 6.45) is -4.96. The Bertz CT molecular complexity index is 1230. The van der Waals surface area contributed by atoms with E-state index < -0.39 is 12.1 Å². The third kappa shape index (κ3) is 3.42. The first kappa shape index (κ1) is 19.3. The average molecular weight is 419 g/mol. The lowest BCUT2D eigenvalue weighted by atomic mass is 10.0. The lowest BCUT2D eigenvalue weighted by molar-refractivity contribution is -0.170. The summed E-state index contributed by atoms with van der Waals surface area (Å²) >= 11 is 6.25. The van der Waals surface area contributed by atoms with Gasteiger partial charge in [0.15, 0.2) is 5.58 Å². The lowest BCUT2D eigenvalue weighted by Gasteiger charge is -2.21. The number of aromatic nitrogens is 1. The van der Waals surface area contributed by atoms with Crippen LogP contribution in [0.1, 0.15) is 6.92 Å². The predicted octanol–water partition coefficient (Wildman–Crippen LogP) is 6.22. The summed E-state index contributed by atoms with van der Waals surface area (Å²) in [4.78, 5) is 16.8. The van der Waals surface area contributed by atoms with Crippen LogP contribution in [0.15, 0.2) is 59.0 Å². The van der Waals surface area contributed by atoms with Crippen LogP contribution in [0, 0.1) is 0 Å². The van der Waals surface area contributed by atoms with Gasteiger partial charge in [0, 0.05) is 34.3 Å². The first-order chi connectivity index (χ1) is 13.8. The molecule has 0 unspecified atom stereocenters. The van der Waals surface area contributed by atoms with Crippen molar-refractivity contribution in [3.63, 3.8) is 0 Å². The summed E-state index contributed by atoms with van der Waals surface area (Å²) < 4.78 is 44.4. The summed E-state index contributed by atoms with van der Waals surface area (Å²) in [7, 11) is 0. The molecule has 0 saturated heterocycles. The van der Waals surface area contributed by atoms with Crippen LogP contribution in [0.25, 0.3) is 33.3 Å². The van der Waals surface area contributed by atoms with E-state index in [1.165, 1.54) is 25.1 Å². The molecule has 0 saturated carbocycles. The largest absolute Gasteiger partial charge is 0.471 e. The number of fused-ring (bicyclic) bond motifs is 2. The Hall–Kier alpha value is -3.06. The zero-order chi connectivity index (χ0) is 20.8. The third-order valence-electron chi connectivity index (χ3n) is 4.59. The van der Waals surface area contributed by atoms with Gasteiger partial charge in [-0.3, -0.25) is 4.79 Å². The highest BCUT2D eigenvalue weighted by molar-refractivity contribution is 6.35. The van der Waals surface area contributed by atoms with Crippen molar-refractivity contribution in [1.82, 2.24) is 4.98 Å². The first-order valence-corrected chi connectivity index (χ1v) is 9.14. The molecule has 29 heavy (non-hydrogen) atoms.